The van der Waals surface area contributed by atoms with E-state index in [0.717, 1.165) is 10.6 Å². The molecule has 0 fully saturated rings. The Morgan fingerprint density at radius 2 is 1.83 bits per heavy atom. The molecule has 3 heteroatoms. The lowest BCUT2D eigenvalue weighted by Crippen LogP contribution is -2.01. The van der Waals surface area contributed by atoms with E-state index < -0.39 is 0 Å². The summed E-state index contributed by atoms with van der Waals surface area (Å²) >= 11 is 1.72. The highest BCUT2D eigenvalue weighted by Gasteiger charge is 2.07. The highest BCUT2D eigenvalue weighted by atomic mass is 32.2. The molecule has 0 N–H and O–H groups in total. The molecule has 1 heterocycles. The zero-order valence-corrected chi connectivity index (χ0v) is 10.8. The van der Waals surface area contributed by atoms with Crippen LogP contribution in [0.25, 0.3) is 21.9 Å². The first-order valence-electron chi connectivity index (χ1n) is 5.88. The van der Waals surface area contributed by atoms with Crippen LogP contribution in [0, 0.1) is 0 Å². The van der Waals surface area contributed by atoms with Gasteiger partial charge in [0.2, 0.25) is 5.43 Å². The summed E-state index contributed by atoms with van der Waals surface area (Å²) in [6, 6.07) is 13.1. The smallest absolute Gasteiger partial charge is 0.200 e. The zero-order chi connectivity index (χ0) is 12.5. The van der Waals surface area contributed by atoms with Gasteiger partial charge in [0.05, 0.1) is 10.8 Å². The molecule has 0 aliphatic heterocycles. The van der Waals surface area contributed by atoms with Gasteiger partial charge in [-0.25, -0.2) is 0 Å². The number of rotatable bonds is 2. The van der Waals surface area contributed by atoms with E-state index in [1.54, 1.807) is 17.8 Å². The summed E-state index contributed by atoms with van der Waals surface area (Å²) in [5.41, 5.74) is 1.34. The van der Waals surface area contributed by atoms with Crippen molar-refractivity contribution >= 4 is 33.7 Å². The van der Waals surface area contributed by atoms with Gasteiger partial charge >= 0.3 is 0 Å². The summed E-state index contributed by atoms with van der Waals surface area (Å²) in [5.74, 6) is 0.990. The van der Waals surface area contributed by atoms with Crippen LogP contribution in [0.2, 0.25) is 0 Å². The van der Waals surface area contributed by atoms with Gasteiger partial charge in [0, 0.05) is 4.90 Å². The van der Waals surface area contributed by atoms with E-state index >= 15 is 0 Å². The van der Waals surface area contributed by atoms with Crippen LogP contribution in [0.1, 0.15) is 6.92 Å². The highest BCUT2D eigenvalue weighted by Crippen LogP contribution is 2.24. The Morgan fingerprint density at radius 1 is 1.06 bits per heavy atom. The summed E-state index contributed by atoms with van der Waals surface area (Å²) in [4.78, 5) is 13.5. The van der Waals surface area contributed by atoms with Gasteiger partial charge in [-0.3, -0.25) is 4.79 Å². The maximum absolute atomic E-state index is 12.4. The van der Waals surface area contributed by atoms with Crippen LogP contribution in [0.15, 0.2) is 56.6 Å². The number of benzene rings is 2. The van der Waals surface area contributed by atoms with Gasteiger partial charge in [-0.2, -0.15) is 0 Å². The van der Waals surface area contributed by atoms with Crippen molar-refractivity contribution in [1.82, 2.24) is 0 Å². The van der Waals surface area contributed by atoms with Gasteiger partial charge in [-0.1, -0.05) is 19.1 Å². The molecular weight excluding hydrogens is 244 g/mol. The maximum atomic E-state index is 12.4. The second kappa shape index (κ2) is 4.50. The van der Waals surface area contributed by atoms with Gasteiger partial charge < -0.3 is 4.42 Å². The Labute approximate surface area is 109 Å². The van der Waals surface area contributed by atoms with Crippen LogP contribution >= 0.6 is 11.8 Å². The van der Waals surface area contributed by atoms with Gasteiger partial charge in [-0.05, 0) is 36.1 Å². The largest absolute Gasteiger partial charge is 0.456 e. The van der Waals surface area contributed by atoms with E-state index in [0.29, 0.717) is 21.9 Å². The average molecular weight is 256 g/mol. The molecule has 0 amide bonds. The first kappa shape index (κ1) is 11.4. The minimum absolute atomic E-state index is 0.0467. The molecule has 0 atom stereocenters. The second-order valence-corrected chi connectivity index (χ2v) is 5.36. The lowest BCUT2D eigenvalue weighted by molar-refractivity contribution is 0.659. The molecule has 2 aromatic carbocycles. The van der Waals surface area contributed by atoms with Gasteiger partial charge in [0.25, 0.3) is 0 Å². The van der Waals surface area contributed by atoms with Crippen molar-refractivity contribution in [1.29, 1.82) is 0 Å². The fraction of sp³-hybridized carbons (Fsp3) is 0.133. The van der Waals surface area contributed by atoms with Crippen LogP contribution < -0.4 is 5.43 Å². The molecule has 0 aliphatic rings. The van der Waals surface area contributed by atoms with Crippen molar-refractivity contribution in [3.8, 4) is 0 Å². The molecular formula is C15H12O2S. The Balaban J connectivity index is 2.38. The molecule has 2 nitrogen and oxygen atoms in total. The van der Waals surface area contributed by atoms with E-state index in [2.05, 4.69) is 6.92 Å². The molecule has 0 saturated carbocycles. The molecule has 3 aromatic rings. The van der Waals surface area contributed by atoms with Gasteiger partial charge in [0.1, 0.15) is 11.2 Å². The lowest BCUT2D eigenvalue weighted by Gasteiger charge is -2.03. The number of para-hydroxylation sites is 1. The zero-order valence-electron chi connectivity index (χ0n) is 9.97. The van der Waals surface area contributed by atoms with Gasteiger partial charge in [0.15, 0.2) is 0 Å². The number of fused-ring (bicyclic) bond motifs is 2. The van der Waals surface area contributed by atoms with Crippen molar-refractivity contribution in [3.05, 3.63) is 52.7 Å². The van der Waals surface area contributed by atoms with Crippen molar-refractivity contribution < 1.29 is 4.42 Å². The third-order valence-corrected chi connectivity index (χ3v) is 3.73. The third-order valence-electron chi connectivity index (χ3n) is 2.86. The number of hydrogen-bond donors (Lipinski definition) is 0. The summed E-state index contributed by atoms with van der Waals surface area (Å²) in [6.07, 6.45) is 0. The van der Waals surface area contributed by atoms with E-state index in [1.165, 1.54) is 0 Å². The Morgan fingerprint density at radius 3 is 2.67 bits per heavy atom. The summed E-state index contributed by atoms with van der Waals surface area (Å²) in [5, 5.41) is 1.30. The molecule has 0 saturated heterocycles. The quantitative estimate of drug-likeness (QED) is 0.511. The predicted molar refractivity (Wildman–Crippen MR) is 76.4 cm³/mol. The van der Waals surface area contributed by atoms with Crippen molar-refractivity contribution in [2.24, 2.45) is 0 Å². The van der Waals surface area contributed by atoms with E-state index in [9.17, 15) is 4.79 Å². The van der Waals surface area contributed by atoms with Crippen LogP contribution in [0.4, 0.5) is 0 Å². The minimum Gasteiger partial charge on any atom is -0.456 e. The predicted octanol–water partition coefficient (Wildman–Crippen LogP) is 4.06. The minimum atomic E-state index is 0.0467. The fourth-order valence-corrected chi connectivity index (χ4v) is 2.74. The normalized spacial score (nSPS) is 11.2. The Kier molecular flexibility index (Phi) is 2.84. The van der Waals surface area contributed by atoms with Crippen molar-refractivity contribution in [2.75, 3.05) is 5.75 Å². The van der Waals surface area contributed by atoms with Crippen molar-refractivity contribution in [2.45, 2.75) is 11.8 Å². The first-order valence-corrected chi connectivity index (χ1v) is 6.86. The van der Waals surface area contributed by atoms with Crippen LogP contribution in [0.5, 0.6) is 0 Å². The fourth-order valence-electron chi connectivity index (χ4n) is 2.04. The number of thioether (sulfide) groups is 1. The maximum Gasteiger partial charge on any atom is 0.200 e. The summed E-state index contributed by atoms with van der Waals surface area (Å²) < 4.78 is 5.75. The molecule has 0 spiro atoms. The third kappa shape index (κ3) is 1.81. The molecule has 3 rings (SSSR count). The van der Waals surface area contributed by atoms with Crippen LogP contribution in [-0.4, -0.2) is 5.75 Å². The molecule has 1 aromatic heterocycles. The standard InChI is InChI=1S/C15H12O2S/c1-2-18-10-7-8-14-12(9-10)15(16)11-5-3-4-6-13(11)17-14/h3-9H,2H2,1H3. The van der Waals surface area contributed by atoms with E-state index in [1.807, 2.05) is 36.4 Å². The SMILES string of the molecule is CCSc1ccc2oc3ccccc3c(=O)c2c1. The lowest BCUT2D eigenvalue weighted by atomic mass is 10.1. The van der Waals surface area contributed by atoms with Crippen LogP contribution in [0.3, 0.4) is 0 Å². The Bertz CT molecular complexity index is 774. The second-order valence-electron chi connectivity index (χ2n) is 4.02. The monoisotopic (exact) mass is 256 g/mol. The molecule has 18 heavy (non-hydrogen) atoms. The highest BCUT2D eigenvalue weighted by molar-refractivity contribution is 7.99. The van der Waals surface area contributed by atoms with E-state index in [-0.39, 0.29) is 5.43 Å². The first-order chi connectivity index (χ1) is 8.79. The van der Waals surface area contributed by atoms with Gasteiger partial charge in [-0.15, -0.1) is 11.8 Å². The molecule has 90 valence electrons. The Hall–Kier alpha value is -1.74. The summed E-state index contributed by atoms with van der Waals surface area (Å²) in [6.45, 7) is 2.09. The van der Waals surface area contributed by atoms with E-state index in [4.69, 9.17) is 4.42 Å². The molecule has 0 aliphatic carbocycles. The van der Waals surface area contributed by atoms with Crippen molar-refractivity contribution in [3.63, 3.8) is 0 Å². The number of hydrogen-bond acceptors (Lipinski definition) is 3. The average Bonchev–Trinajstić information content (AvgIpc) is 2.40. The topological polar surface area (TPSA) is 30.2 Å². The van der Waals surface area contributed by atoms with Crippen LogP contribution in [-0.2, 0) is 0 Å². The molecule has 0 radical (unpaired) electrons. The summed E-state index contributed by atoms with van der Waals surface area (Å²) in [7, 11) is 0. The molecule has 0 unspecified atom stereocenters. The molecule has 0 bridgehead atoms.